The lowest BCUT2D eigenvalue weighted by Gasteiger charge is -2.18. The Bertz CT molecular complexity index is 561. The van der Waals surface area contributed by atoms with Crippen molar-refractivity contribution in [3.8, 4) is 0 Å². The van der Waals surface area contributed by atoms with E-state index in [0.29, 0.717) is 18.2 Å². The van der Waals surface area contributed by atoms with Gasteiger partial charge in [-0.15, -0.1) is 0 Å². The second-order valence-electron chi connectivity index (χ2n) is 5.32. The number of benzene rings is 1. The Hall–Kier alpha value is -1.02. The number of nitrogens with one attached hydrogen (secondary N) is 2. The molecule has 0 aromatic heterocycles. The van der Waals surface area contributed by atoms with E-state index in [9.17, 15) is 12.8 Å². The second-order valence-corrected chi connectivity index (χ2v) is 7.18. The monoisotopic (exact) mass is 315 g/mol. The zero-order chi connectivity index (χ0) is 15.3. The fourth-order valence-electron chi connectivity index (χ4n) is 1.94. The second kappa shape index (κ2) is 7.31. The van der Waals surface area contributed by atoms with Gasteiger partial charge in [-0.25, -0.2) is 4.39 Å². The van der Waals surface area contributed by atoms with E-state index < -0.39 is 16.0 Å². The number of hydrogen-bond acceptors (Lipinski definition) is 3. The van der Waals surface area contributed by atoms with Gasteiger partial charge in [0.2, 0.25) is 0 Å². The molecule has 0 saturated heterocycles. The molecule has 0 unspecified atom stereocenters. The van der Waals surface area contributed by atoms with E-state index >= 15 is 0 Å². The molecular formula is C14H22FN3O2S. The molecule has 1 aliphatic rings. The van der Waals surface area contributed by atoms with E-state index in [4.69, 9.17) is 0 Å². The summed E-state index contributed by atoms with van der Waals surface area (Å²) in [5.74, 6) is -0.406. The van der Waals surface area contributed by atoms with Crippen LogP contribution >= 0.6 is 0 Å². The average Bonchev–Trinajstić information content (AvgIpc) is 3.26. The molecule has 118 valence electrons. The first kappa shape index (κ1) is 16.4. The van der Waals surface area contributed by atoms with Crippen molar-refractivity contribution in [3.63, 3.8) is 0 Å². The number of rotatable bonds is 9. The summed E-state index contributed by atoms with van der Waals surface area (Å²) in [4.78, 5) is 0. The van der Waals surface area contributed by atoms with E-state index in [0.717, 1.165) is 13.0 Å². The van der Waals surface area contributed by atoms with Gasteiger partial charge in [-0.2, -0.15) is 17.4 Å². The molecular weight excluding hydrogens is 293 g/mol. The molecule has 1 saturated carbocycles. The van der Waals surface area contributed by atoms with Crippen LogP contribution in [0.15, 0.2) is 24.3 Å². The highest BCUT2D eigenvalue weighted by Crippen LogP contribution is 2.18. The predicted octanol–water partition coefficient (Wildman–Crippen LogP) is 1.23. The van der Waals surface area contributed by atoms with Gasteiger partial charge in [0, 0.05) is 31.7 Å². The summed E-state index contributed by atoms with van der Waals surface area (Å²) in [6.07, 6.45) is 3.20. The maximum absolute atomic E-state index is 13.4. The largest absolute Gasteiger partial charge is 0.314 e. The molecule has 0 heterocycles. The Morgan fingerprint density at radius 3 is 2.71 bits per heavy atom. The first-order chi connectivity index (χ1) is 9.99. The van der Waals surface area contributed by atoms with Crippen LogP contribution in [0.4, 0.5) is 4.39 Å². The molecule has 0 amide bonds. The zero-order valence-corrected chi connectivity index (χ0v) is 13.0. The van der Waals surface area contributed by atoms with Crippen molar-refractivity contribution in [2.24, 2.45) is 0 Å². The van der Waals surface area contributed by atoms with Gasteiger partial charge >= 0.3 is 0 Å². The fourth-order valence-corrected chi connectivity index (χ4v) is 2.86. The van der Waals surface area contributed by atoms with Crippen LogP contribution in [0.1, 0.15) is 24.8 Å². The van der Waals surface area contributed by atoms with Crippen molar-refractivity contribution in [1.29, 1.82) is 0 Å². The van der Waals surface area contributed by atoms with Gasteiger partial charge < -0.3 is 5.32 Å². The van der Waals surface area contributed by atoms with Crippen LogP contribution in [-0.2, 0) is 16.8 Å². The Labute approximate surface area is 125 Å². The van der Waals surface area contributed by atoms with Crippen LogP contribution < -0.4 is 10.0 Å². The van der Waals surface area contributed by atoms with Crippen LogP contribution in [0.5, 0.6) is 0 Å². The Balaban J connectivity index is 1.75. The molecule has 1 aliphatic carbocycles. The third-order valence-electron chi connectivity index (χ3n) is 3.47. The minimum absolute atomic E-state index is 0.0420. The van der Waals surface area contributed by atoms with E-state index in [1.54, 1.807) is 18.2 Å². The molecule has 0 spiro atoms. The lowest BCUT2D eigenvalue weighted by molar-refractivity contribution is 0.443. The number of nitrogens with zero attached hydrogens (tertiary/aromatic N) is 1. The average molecular weight is 315 g/mol. The minimum Gasteiger partial charge on any atom is -0.314 e. The van der Waals surface area contributed by atoms with Crippen molar-refractivity contribution in [2.45, 2.75) is 31.8 Å². The Kier molecular flexibility index (Phi) is 5.69. The highest BCUT2D eigenvalue weighted by atomic mass is 32.2. The maximum atomic E-state index is 13.4. The number of halogens is 1. The van der Waals surface area contributed by atoms with Crippen molar-refractivity contribution < 1.29 is 12.8 Å². The van der Waals surface area contributed by atoms with Gasteiger partial charge in [0.1, 0.15) is 5.82 Å². The molecule has 1 aromatic carbocycles. The van der Waals surface area contributed by atoms with Crippen molar-refractivity contribution in [3.05, 3.63) is 35.6 Å². The van der Waals surface area contributed by atoms with E-state index in [2.05, 4.69) is 10.0 Å². The number of hydrogen-bond donors (Lipinski definition) is 2. The summed E-state index contributed by atoms with van der Waals surface area (Å²) in [7, 11) is -2.04. The zero-order valence-electron chi connectivity index (χ0n) is 12.2. The van der Waals surface area contributed by atoms with Crippen LogP contribution in [0.2, 0.25) is 0 Å². The molecule has 0 atom stereocenters. The van der Waals surface area contributed by atoms with Crippen LogP contribution in [0.25, 0.3) is 0 Å². The van der Waals surface area contributed by atoms with E-state index in [-0.39, 0.29) is 6.54 Å². The molecule has 0 bridgehead atoms. The molecule has 1 fully saturated rings. The van der Waals surface area contributed by atoms with Gasteiger partial charge in [-0.05, 0) is 31.9 Å². The highest BCUT2D eigenvalue weighted by molar-refractivity contribution is 7.87. The molecule has 0 aliphatic heterocycles. The summed E-state index contributed by atoms with van der Waals surface area (Å²) >= 11 is 0. The molecule has 21 heavy (non-hydrogen) atoms. The van der Waals surface area contributed by atoms with E-state index in [1.165, 1.54) is 30.3 Å². The summed E-state index contributed by atoms with van der Waals surface area (Å²) in [6.45, 7) is 1.21. The quantitative estimate of drug-likeness (QED) is 0.674. The molecule has 2 rings (SSSR count). The topological polar surface area (TPSA) is 61.4 Å². The summed E-state index contributed by atoms with van der Waals surface area (Å²) in [6, 6.07) is 6.77. The van der Waals surface area contributed by atoms with Gasteiger partial charge in [0.05, 0.1) is 0 Å². The maximum Gasteiger partial charge on any atom is 0.279 e. The Morgan fingerprint density at radius 1 is 1.33 bits per heavy atom. The summed E-state index contributed by atoms with van der Waals surface area (Å²) in [5, 5.41) is 3.34. The van der Waals surface area contributed by atoms with Gasteiger partial charge in [-0.3, -0.25) is 0 Å². The lowest BCUT2D eigenvalue weighted by Crippen LogP contribution is -2.39. The lowest BCUT2D eigenvalue weighted by atomic mass is 10.2. The minimum atomic E-state index is -3.57. The SMILES string of the molecule is CN(CCCNC1CC1)S(=O)(=O)NCc1ccccc1F. The highest BCUT2D eigenvalue weighted by Gasteiger charge is 2.21. The molecule has 5 nitrogen and oxygen atoms in total. The molecule has 2 N–H and O–H groups in total. The van der Waals surface area contributed by atoms with Crippen LogP contribution in [0.3, 0.4) is 0 Å². The standard InChI is InChI=1S/C14H22FN3O2S/c1-18(10-4-9-16-13-7-8-13)21(19,20)17-11-12-5-2-3-6-14(12)15/h2-3,5-6,13,16-17H,4,7-11H2,1H3. The smallest absolute Gasteiger partial charge is 0.279 e. The third-order valence-corrected chi connectivity index (χ3v) is 4.99. The first-order valence-electron chi connectivity index (χ1n) is 7.17. The van der Waals surface area contributed by atoms with Crippen LogP contribution in [0, 0.1) is 5.82 Å². The van der Waals surface area contributed by atoms with Crippen molar-refractivity contribution in [2.75, 3.05) is 20.1 Å². The summed E-state index contributed by atoms with van der Waals surface area (Å²) < 4.78 is 41.2. The fraction of sp³-hybridized carbons (Fsp3) is 0.571. The van der Waals surface area contributed by atoms with Gasteiger partial charge in [0.25, 0.3) is 10.2 Å². The van der Waals surface area contributed by atoms with E-state index in [1.807, 2.05) is 0 Å². The van der Waals surface area contributed by atoms with Crippen molar-refractivity contribution >= 4 is 10.2 Å². The van der Waals surface area contributed by atoms with Crippen molar-refractivity contribution in [1.82, 2.24) is 14.3 Å². The molecule has 7 heteroatoms. The third kappa shape index (κ3) is 5.35. The van der Waals surface area contributed by atoms with Gasteiger partial charge in [0.15, 0.2) is 0 Å². The Morgan fingerprint density at radius 2 is 2.05 bits per heavy atom. The van der Waals surface area contributed by atoms with Gasteiger partial charge in [-0.1, -0.05) is 18.2 Å². The molecule has 1 aromatic rings. The summed E-state index contributed by atoms with van der Waals surface area (Å²) in [5.41, 5.74) is 0.338. The first-order valence-corrected chi connectivity index (χ1v) is 8.61. The molecule has 0 radical (unpaired) electrons. The van der Waals surface area contributed by atoms with Crippen LogP contribution in [-0.4, -0.2) is 38.9 Å². The predicted molar refractivity (Wildman–Crippen MR) is 80.4 cm³/mol. The normalized spacial score (nSPS) is 15.6.